The molecule has 6 heteroatoms. The molecule has 0 aliphatic carbocycles. The van der Waals surface area contributed by atoms with Crippen molar-refractivity contribution in [2.45, 2.75) is 19.4 Å². The molecule has 1 rings (SSSR count). The quantitative estimate of drug-likeness (QED) is 0.546. The summed E-state index contributed by atoms with van der Waals surface area (Å²) in [6, 6.07) is 7.61. The normalized spacial score (nSPS) is 11.4. The Balaban J connectivity index is 2.14. The standard InChI is InChI=1S/C12H17ClO4S/c1-16-12-6-4-11(5-7-12)10-17-8-2-3-9-18(13,14)15/h4-7H,2-3,8-10H2,1H3. The van der Waals surface area contributed by atoms with Crippen molar-refractivity contribution in [3.05, 3.63) is 29.8 Å². The Morgan fingerprint density at radius 3 is 2.39 bits per heavy atom. The summed E-state index contributed by atoms with van der Waals surface area (Å²) in [5, 5.41) is 0. The van der Waals surface area contributed by atoms with Crippen molar-refractivity contribution >= 4 is 19.7 Å². The highest BCUT2D eigenvalue weighted by atomic mass is 35.7. The van der Waals surface area contributed by atoms with Crippen LogP contribution in [0.5, 0.6) is 5.75 Å². The highest BCUT2D eigenvalue weighted by Crippen LogP contribution is 2.12. The Morgan fingerprint density at radius 1 is 1.17 bits per heavy atom. The van der Waals surface area contributed by atoms with Crippen molar-refractivity contribution in [1.29, 1.82) is 0 Å². The molecule has 0 amide bonds. The molecule has 1 aromatic carbocycles. The molecule has 0 N–H and O–H groups in total. The number of rotatable bonds is 8. The highest BCUT2D eigenvalue weighted by molar-refractivity contribution is 8.13. The summed E-state index contributed by atoms with van der Waals surface area (Å²) >= 11 is 0. The summed E-state index contributed by atoms with van der Waals surface area (Å²) in [6.45, 7) is 1.04. The van der Waals surface area contributed by atoms with E-state index in [9.17, 15) is 8.42 Å². The van der Waals surface area contributed by atoms with Crippen molar-refractivity contribution in [3.63, 3.8) is 0 Å². The number of benzene rings is 1. The lowest BCUT2D eigenvalue weighted by Crippen LogP contribution is -2.01. The fourth-order valence-corrected chi connectivity index (χ4v) is 2.27. The van der Waals surface area contributed by atoms with E-state index < -0.39 is 9.05 Å². The van der Waals surface area contributed by atoms with Crippen molar-refractivity contribution in [3.8, 4) is 5.75 Å². The van der Waals surface area contributed by atoms with Crippen molar-refractivity contribution in [2.24, 2.45) is 0 Å². The fraction of sp³-hybridized carbons (Fsp3) is 0.500. The molecule has 0 atom stereocenters. The smallest absolute Gasteiger partial charge is 0.232 e. The molecular weight excluding hydrogens is 276 g/mol. The molecule has 0 fully saturated rings. The zero-order chi connectivity index (χ0) is 13.4. The first kappa shape index (κ1) is 15.3. The molecule has 0 radical (unpaired) electrons. The molecule has 0 spiro atoms. The lowest BCUT2D eigenvalue weighted by atomic mass is 10.2. The van der Waals surface area contributed by atoms with Crippen LogP contribution >= 0.6 is 10.7 Å². The van der Waals surface area contributed by atoms with Gasteiger partial charge in [0.1, 0.15) is 5.75 Å². The molecule has 18 heavy (non-hydrogen) atoms. The topological polar surface area (TPSA) is 52.6 Å². The van der Waals surface area contributed by atoms with Gasteiger partial charge in [0.05, 0.1) is 19.5 Å². The summed E-state index contributed by atoms with van der Waals surface area (Å²) in [4.78, 5) is 0. The molecule has 0 unspecified atom stereocenters. The lowest BCUT2D eigenvalue weighted by Gasteiger charge is -2.05. The average molecular weight is 293 g/mol. The second-order valence-corrected chi connectivity index (χ2v) is 6.75. The summed E-state index contributed by atoms with van der Waals surface area (Å²) in [7, 11) is 3.34. The molecule has 4 nitrogen and oxygen atoms in total. The van der Waals surface area contributed by atoms with Gasteiger partial charge in [-0.15, -0.1) is 0 Å². The third-order valence-electron chi connectivity index (χ3n) is 2.35. The van der Waals surface area contributed by atoms with Crippen LogP contribution in [-0.2, 0) is 20.4 Å². The number of unbranched alkanes of at least 4 members (excludes halogenated alkanes) is 1. The highest BCUT2D eigenvalue weighted by Gasteiger charge is 2.03. The van der Waals surface area contributed by atoms with Crippen LogP contribution in [0, 0.1) is 0 Å². The number of hydrogen-bond donors (Lipinski definition) is 0. The molecule has 0 bridgehead atoms. The van der Waals surface area contributed by atoms with E-state index in [0.29, 0.717) is 26.1 Å². The Hall–Kier alpha value is -0.780. The van der Waals surface area contributed by atoms with E-state index in [-0.39, 0.29) is 5.75 Å². The maximum absolute atomic E-state index is 10.7. The van der Waals surface area contributed by atoms with Gasteiger partial charge in [0.25, 0.3) is 0 Å². The van der Waals surface area contributed by atoms with Gasteiger partial charge in [-0.2, -0.15) is 0 Å². The van der Waals surface area contributed by atoms with Crippen LogP contribution in [0.25, 0.3) is 0 Å². The van der Waals surface area contributed by atoms with Gasteiger partial charge in [0.2, 0.25) is 9.05 Å². The second kappa shape index (κ2) is 7.61. The van der Waals surface area contributed by atoms with Gasteiger partial charge in [0, 0.05) is 17.3 Å². The van der Waals surface area contributed by atoms with E-state index in [1.807, 2.05) is 24.3 Å². The second-order valence-electron chi connectivity index (χ2n) is 3.85. The first-order valence-electron chi connectivity index (χ1n) is 5.64. The van der Waals surface area contributed by atoms with E-state index in [0.717, 1.165) is 11.3 Å². The zero-order valence-electron chi connectivity index (χ0n) is 10.3. The SMILES string of the molecule is COc1ccc(COCCCCS(=O)(=O)Cl)cc1. The predicted octanol–water partition coefficient (Wildman–Crippen LogP) is 2.56. The third kappa shape index (κ3) is 6.83. The summed E-state index contributed by atoms with van der Waals surface area (Å²) in [5.41, 5.74) is 1.06. The largest absolute Gasteiger partial charge is 0.497 e. The van der Waals surface area contributed by atoms with Gasteiger partial charge in [-0.25, -0.2) is 8.42 Å². The number of halogens is 1. The number of ether oxygens (including phenoxy) is 2. The first-order chi connectivity index (χ1) is 8.51. The van der Waals surface area contributed by atoms with Crippen molar-refractivity contribution < 1.29 is 17.9 Å². The molecule has 0 aliphatic rings. The molecule has 0 heterocycles. The summed E-state index contributed by atoms with van der Waals surface area (Å²) in [6.07, 6.45) is 1.20. The van der Waals surface area contributed by atoms with Gasteiger partial charge in [-0.1, -0.05) is 12.1 Å². The monoisotopic (exact) mass is 292 g/mol. The fourth-order valence-electron chi connectivity index (χ4n) is 1.39. The lowest BCUT2D eigenvalue weighted by molar-refractivity contribution is 0.118. The van der Waals surface area contributed by atoms with Crippen LogP contribution in [0.1, 0.15) is 18.4 Å². The van der Waals surface area contributed by atoms with Crippen LogP contribution in [0.2, 0.25) is 0 Å². The van der Waals surface area contributed by atoms with Crippen molar-refractivity contribution in [1.82, 2.24) is 0 Å². The minimum absolute atomic E-state index is 0.000448. The van der Waals surface area contributed by atoms with E-state index >= 15 is 0 Å². The Labute approximate surface area is 112 Å². The van der Waals surface area contributed by atoms with Gasteiger partial charge >= 0.3 is 0 Å². The van der Waals surface area contributed by atoms with E-state index in [1.54, 1.807) is 7.11 Å². The van der Waals surface area contributed by atoms with Crippen LogP contribution < -0.4 is 4.74 Å². The molecule has 0 saturated carbocycles. The number of methoxy groups -OCH3 is 1. The Morgan fingerprint density at radius 2 is 1.83 bits per heavy atom. The zero-order valence-corrected chi connectivity index (χ0v) is 11.8. The predicted molar refractivity (Wildman–Crippen MR) is 71.5 cm³/mol. The van der Waals surface area contributed by atoms with Crippen LogP contribution in [0.15, 0.2) is 24.3 Å². The molecular formula is C12H17ClO4S. The van der Waals surface area contributed by atoms with E-state index in [1.165, 1.54) is 0 Å². The van der Waals surface area contributed by atoms with Crippen molar-refractivity contribution in [2.75, 3.05) is 19.5 Å². The Kier molecular flexibility index (Phi) is 6.46. The third-order valence-corrected chi connectivity index (χ3v) is 3.59. The van der Waals surface area contributed by atoms with Gasteiger partial charge in [-0.3, -0.25) is 0 Å². The molecule has 0 saturated heterocycles. The molecule has 0 aliphatic heterocycles. The van der Waals surface area contributed by atoms with Crippen LogP contribution in [0.3, 0.4) is 0 Å². The van der Waals surface area contributed by atoms with E-state index in [2.05, 4.69) is 0 Å². The van der Waals surface area contributed by atoms with Gasteiger partial charge < -0.3 is 9.47 Å². The molecule has 1 aromatic rings. The maximum Gasteiger partial charge on any atom is 0.232 e. The van der Waals surface area contributed by atoms with Crippen LogP contribution in [-0.4, -0.2) is 27.9 Å². The Bertz CT molecular complexity index is 442. The molecule has 0 aromatic heterocycles. The molecule has 102 valence electrons. The number of hydrogen-bond acceptors (Lipinski definition) is 4. The van der Waals surface area contributed by atoms with Crippen LogP contribution in [0.4, 0.5) is 0 Å². The minimum atomic E-state index is -3.37. The van der Waals surface area contributed by atoms with Gasteiger partial charge in [-0.05, 0) is 30.5 Å². The summed E-state index contributed by atoms with van der Waals surface area (Å²) < 4.78 is 31.8. The summed E-state index contributed by atoms with van der Waals surface area (Å²) in [5.74, 6) is 0.812. The maximum atomic E-state index is 10.7. The first-order valence-corrected chi connectivity index (χ1v) is 8.12. The van der Waals surface area contributed by atoms with Gasteiger partial charge in [0.15, 0.2) is 0 Å². The average Bonchev–Trinajstić information content (AvgIpc) is 2.33. The van der Waals surface area contributed by atoms with E-state index in [4.69, 9.17) is 20.2 Å². The minimum Gasteiger partial charge on any atom is -0.497 e.